The van der Waals surface area contributed by atoms with E-state index in [4.69, 9.17) is 4.74 Å². The topological polar surface area (TPSA) is 55.4 Å². The lowest BCUT2D eigenvalue weighted by atomic mass is 9.88. The van der Waals surface area contributed by atoms with Crippen LogP contribution in [0, 0.1) is 5.92 Å². The smallest absolute Gasteiger partial charge is 0.309 e. The van der Waals surface area contributed by atoms with Crippen LogP contribution in [-0.2, 0) is 20.7 Å². The van der Waals surface area contributed by atoms with Crippen LogP contribution in [0.3, 0.4) is 0 Å². The third-order valence-corrected chi connectivity index (χ3v) is 4.17. The van der Waals surface area contributed by atoms with Gasteiger partial charge in [-0.3, -0.25) is 9.59 Å². The molecule has 1 aliphatic rings. The molecule has 120 valence electrons. The van der Waals surface area contributed by atoms with E-state index in [0.29, 0.717) is 0 Å². The van der Waals surface area contributed by atoms with Crippen molar-refractivity contribution in [3.8, 4) is 0 Å². The maximum Gasteiger partial charge on any atom is 0.309 e. The monoisotopic (exact) mass is 303 g/mol. The van der Waals surface area contributed by atoms with Crippen molar-refractivity contribution in [2.24, 2.45) is 5.92 Å². The van der Waals surface area contributed by atoms with Gasteiger partial charge in [0.25, 0.3) is 5.91 Å². The minimum atomic E-state index is -0.291. The molecular formula is C18H25NO3. The van der Waals surface area contributed by atoms with E-state index in [1.54, 1.807) is 0 Å². The number of hydrogen-bond donors (Lipinski definition) is 1. The van der Waals surface area contributed by atoms with Crippen LogP contribution in [0.25, 0.3) is 0 Å². The molecule has 2 atom stereocenters. The van der Waals surface area contributed by atoms with Gasteiger partial charge in [-0.25, -0.2) is 0 Å². The maximum absolute atomic E-state index is 12.0. The molecule has 0 aromatic heterocycles. The van der Waals surface area contributed by atoms with Gasteiger partial charge in [0.1, 0.15) is 0 Å². The summed E-state index contributed by atoms with van der Waals surface area (Å²) in [4.78, 5) is 23.7. The van der Waals surface area contributed by atoms with Gasteiger partial charge < -0.3 is 10.1 Å². The molecule has 4 heteroatoms. The largest absolute Gasteiger partial charge is 0.455 e. The van der Waals surface area contributed by atoms with Crippen LogP contribution in [0.4, 0.5) is 0 Å². The van der Waals surface area contributed by atoms with E-state index in [2.05, 4.69) is 17.4 Å². The highest BCUT2D eigenvalue weighted by Gasteiger charge is 2.22. The van der Waals surface area contributed by atoms with Gasteiger partial charge >= 0.3 is 5.97 Å². The molecule has 0 spiro atoms. The number of fused-ring (bicyclic) bond motifs is 1. The van der Waals surface area contributed by atoms with E-state index in [-0.39, 0.29) is 30.4 Å². The fraction of sp³-hybridized carbons (Fsp3) is 0.556. The molecule has 2 unspecified atom stereocenters. The van der Waals surface area contributed by atoms with Gasteiger partial charge in [-0.05, 0) is 36.8 Å². The second-order valence-corrected chi connectivity index (χ2v) is 6.01. The highest BCUT2D eigenvalue weighted by Crippen LogP contribution is 2.29. The van der Waals surface area contributed by atoms with E-state index < -0.39 is 0 Å². The first kappa shape index (κ1) is 16.5. The van der Waals surface area contributed by atoms with E-state index in [0.717, 1.165) is 32.1 Å². The first-order chi connectivity index (χ1) is 10.6. The zero-order valence-corrected chi connectivity index (χ0v) is 13.4. The van der Waals surface area contributed by atoms with Crippen LogP contribution in [0.2, 0.25) is 0 Å². The molecule has 1 N–H and O–H groups in total. The number of carbonyl (C=O) groups is 2. The summed E-state index contributed by atoms with van der Waals surface area (Å²) in [6, 6.07) is 8.23. The Bertz CT molecular complexity index is 527. The molecule has 0 aliphatic heterocycles. The molecule has 0 fully saturated rings. The van der Waals surface area contributed by atoms with E-state index >= 15 is 0 Å². The number of rotatable bonds is 6. The average molecular weight is 303 g/mol. The van der Waals surface area contributed by atoms with Gasteiger partial charge in [-0.1, -0.05) is 44.5 Å². The number of nitrogens with one attached hydrogen (secondary N) is 1. The molecule has 1 aromatic carbocycles. The standard InChI is InChI=1S/C18H25NO3/c1-3-7-13(2)18(21)22-12-17(20)19-16-11-6-9-14-8-4-5-10-15(14)16/h4-5,8,10,13,16H,3,6-7,9,11-12H2,1-2H3,(H,19,20). The third-order valence-electron chi connectivity index (χ3n) is 4.17. The number of esters is 1. The number of benzene rings is 1. The second-order valence-electron chi connectivity index (χ2n) is 6.01. The Morgan fingerprint density at radius 2 is 2.14 bits per heavy atom. The van der Waals surface area contributed by atoms with Crippen LogP contribution >= 0.6 is 0 Å². The molecule has 0 saturated heterocycles. The summed E-state index contributed by atoms with van der Waals surface area (Å²) in [5, 5.41) is 2.99. The summed E-state index contributed by atoms with van der Waals surface area (Å²) in [6.45, 7) is 3.67. The highest BCUT2D eigenvalue weighted by molar-refractivity contribution is 5.81. The van der Waals surface area contributed by atoms with Crippen LogP contribution in [-0.4, -0.2) is 18.5 Å². The average Bonchev–Trinajstić information content (AvgIpc) is 2.53. The summed E-state index contributed by atoms with van der Waals surface area (Å²) < 4.78 is 5.10. The first-order valence-corrected chi connectivity index (χ1v) is 8.15. The van der Waals surface area contributed by atoms with Gasteiger partial charge in [0, 0.05) is 0 Å². The molecule has 1 aliphatic carbocycles. The van der Waals surface area contributed by atoms with Gasteiger partial charge in [0.15, 0.2) is 6.61 Å². The molecular weight excluding hydrogens is 278 g/mol. The Labute approximate surface area is 132 Å². The zero-order chi connectivity index (χ0) is 15.9. The SMILES string of the molecule is CCCC(C)C(=O)OCC(=O)NC1CCCc2ccccc21. The molecule has 1 aromatic rings. The lowest BCUT2D eigenvalue weighted by Gasteiger charge is -2.26. The second kappa shape index (κ2) is 7.97. The van der Waals surface area contributed by atoms with Crippen molar-refractivity contribution in [3.63, 3.8) is 0 Å². The Kier molecular flexibility index (Phi) is 5.99. The van der Waals surface area contributed by atoms with E-state index in [9.17, 15) is 9.59 Å². The lowest BCUT2D eigenvalue weighted by Crippen LogP contribution is -2.34. The van der Waals surface area contributed by atoms with Crippen molar-refractivity contribution < 1.29 is 14.3 Å². The summed E-state index contributed by atoms with van der Waals surface area (Å²) in [7, 11) is 0. The molecule has 22 heavy (non-hydrogen) atoms. The fourth-order valence-electron chi connectivity index (χ4n) is 2.97. The first-order valence-electron chi connectivity index (χ1n) is 8.15. The Balaban J connectivity index is 1.84. The summed E-state index contributed by atoms with van der Waals surface area (Å²) in [5.74, 6) is -0.659. The van der Waals surface area contributed by atoms with E-state index in [1.807, 2.05) is 26.0 Å². The van der Waals surface area contributed by atoms with Crippen molar-refractivity contribution in [1.29, 1.82) is 0 Å². The normalized spacial score (nSPS) is 18.2. The number of amides is 1. The minimum absolute atomic E-state index is 0.0317. The third kappa shape index (κ3) is 4.33. The van der Waals surface area contributed by atoms with Crippen molar-refractivity contribution in [2.45, 2.75) is 52.0 Å². The van der Waals surface area contributed by atoms with Crippen molar-refractivity contribution in [3.05, 3.63) is 35.4 Å². The van der Waals surface area contributed by atoms with Crippen molar-refractivity contribution in [1.82, 2.24) is 5.32 Å². The number of ether oxygens (including phenoxy) is 1. The summed E-state index contributed by atoms with van der Waals surface area (Å²) >= 11 is 0. The molecule has 4 nitrogen and oxygen atoms in total. The van der Waals surface area contributed by atoms with Crippen molar-refractivity contribution in [2.75, 3.05) is 6.61 Å². The van der Waals surface area contributed by atoms with Gasteiger partial charge in [-0.15, -0.1) is 0 Å². The van der Waals surface area contributed by atoms with Crippen LogP contribution in [0.1, 0.15) is 56.7 Å². The maximum atomic E-state index is 12.0. The van der Waals surface area contributed by atoms with Crippen molar-refractivity contribution >= 4 is 11.9 Å². The quantitative estimate of drug-likeness (QED) is 0.821. The summed E-state index contributed by atoms with van der Waals surface area (Å²) in [6.07, 6.45) is 4.78. The predicted molar refractivity (Wildman–Crippen MR) is 85.3 cm³/mol. The molecule has 0 saturated carbocycles. The Morgan fingerprint density at radius 1 is 1.36 bits per heavy atom. The van der Waals surface area contributed by atoms with Gasteiger partial charge in [0.05, 0.1) is 12.0 Å². The molecule has 0 radical (unpaired) electrons. The zero-order valence-electron chi connectivity index (χ0n) is 13.4. The molecule has 2 rings (SSSR count). The number of carbonyl (C=O) groups excluding carboxylic acids is 2. The highest BCUT2D eigenvalue weighted by atomic mass is 16.5. The number of aryl methyl sites for hydroxylation is 1. The Hall–Kier alpha value is -1.84. The summed E-state index contributed by atoms with van der Waals surface area (Å²) in [5.41, 5.74) is 2.49. The molecule has 0 bridgehead atoms. The van der Waals surface area contributed by atoms with Crippen LogP contribution in [0.15, 0.2) is 24.3 Å². The van der Waals surface area contributed by atoms with Crippen LogP contribution in [0.5, 0.6) is 0 Å². The van der Waals surface area contributed by atoms with Gasteiger partial charge in [-0.2, -0.15) is 0 Å². The van der Waals surface area contributed by atoms with E-state index in [1.165, 1.54) is 11.1 Å². The lowest BCUT2D eigenvalue weighted by molar-refractivity contribution is -0.152. The van der Waals surface area contributed by atoms with Gasteiger partial charge in [0.2, 0.25) is 0 Å². The predicted octanol–water partition coefficient (Wildman–Crippen LogP) is 3.16. The van der Waals surface area contributed by atoms with Crippen LogP contribution < -0.4 is 5.32 Å². The fourth-order valence-corrected chi connectivity index (χ4v) is 2.97. The Morgan fingerprint density at radius 3 is 2.91 bits per heavy atom. The molecule has 0 heterocycles. The minimum Gasteiger partial charge on any atom is -0.455 e. The molecule has 1 amide bonds. The number of hydrogen-bond acceptors (Lipinski definition) is 3.